The van der Waals surface area contributed by atoms with Crippen molar-refractivity contribution in [1.29, 1.82) is 0 Å². The first-order valence-electron chi connectivity index (χ1n) is 6.76. The van der Waals surface area contributed by atoms with Crippen LogP contribution in [0, 0.1) is 0 Å². The lowest BCUT2D eigenvalue weighted by molar-refractivity contribution is 0.00578. The molecule has 2 heterocycles. The van der Waals surface area contributed by atoms with Gasteiger partial charge in [0.2, 0.25) is 0 Å². The number of hydrogen-bond donors (Lipinski definition) is 1. The molecule has 0 radical (unpaired) electrons. The van der Waals surface area contributed by atoms with E-state index in [1.165, 1.54) is 0 Å². The van der Waals surface area contributed by atoms with Crippen LogP contribution >= 0.6 is 0 Å². The fourth-order valence-corrected chi connectivity index (χ4v) is 2.35. The van der Waals surface area contributed by atoms with E-state index in [9.17, 15) is 0 Å². The molecule has 19 heavy (non-hydrogen) atoms. The summed E-state index contributed by atoms with van der Waals surface area (Å²) in [5, 5.41) is 3.33. The molecular weight excluding hydrogens is 241 g/mol. The molecular formula is C14H20BNO3. The summed E-state index contributed by atoms with van der Waals surface area (Å²) in [7, 11) is -0.375. The molecule has 1 N–H and O–H groups in total. The number of fused-ring (bicyclic) bond motifs is 1. The van der Waals surface area contributed by atoms with Crippen LogP contribution in [0.3, 0.4) is 0 Å². The van der Waals surface area contributed by atoms with E-state index in [1.807, 2.05) is 18.2 Å². The molecule has 0 aromatic heterocycles. The minimum absolute atomic E-state index is 0.331. The van der Waals surface area contributed by atoms with E-state index in [1.54, 1.807) is 0 Å². The molecule has 102 valence electrons. The van der Waals surface area contributed by atoms with Crippen LogP contribution in [-0.4, -0.2) is 31.5 Å². The molecule has 0 spiro atoms. The van der Waals surface area contributed by atoms with Gasteiger partial charge in [-0.2, -0.15) is 0 Å². The van der Waals surface area contributed by atoms with Crippen LogP contribution in [0.4, 0.5) is 5.69 Å². The Hall–Kier alpha value is -1.20. The van der Waals surface area contributed by atoms with Gasteiger partial charge in [0.15, 0.2) is 0 Å². The number of benzene rings is 1. The molecule has 5 heteroatoms. The maximum atomic E-state index is 6.09. The van der Waals surface area contributed by atoms with E-state index < -0.39 is 0 Å². The molecule has 0 unspecified atom stereocenters. The molecule has 3 rings (SSSR count). The van der Waals surface area contributed by atoms with Crippen molar-refractivity contribution in [3.05, 3.63) is 18.2 Å². The van der Waals surface area contributed by atoms with Crippen LogP contribution in [0.2, 0.25) is 0 Å². The zero-order valence-electron chi connectivity index (χ0n) is 11.9. The Kier molecular flexibility index (Phi) is 2.80. The Labute approximate surface area is 114 Å². The normalized spacial score (nSPS) is 23.5. The fraction of sp³-hybridized carbons (Fsp3) is 0.571. The lowest BCUT2D eigenvalue weighted by atomic mass is 9.78. The summed E-state index contributed by atoms with van der Waals surface area (Å²) in [5.41, 5.74) is 1.31. The molecule has 0 saturated carbocycles. The Morgan fingerprint density at radius 3 is 2.47 bits per heavy atom. The average Bonchev–Trinajstić information content (AvgIpc) is 2.58. The first kappa shape index (κ1) is 12.8. The third kappa shape index (κ3) is 2.01. The maximum absolute atomic E-state index is 6.09. The lowest BCUT2D eigenvalue weighted by Crippen LogP contribution is -2.41. The van der Waals surface area contributed by atoms with Crippen molar-refractivity contribution in [1.82, 2.24) is 0 Å². The number of rotatable bonds is 1. The van der Waals surface area contributed by atoms with Crippen molar-refractivity contribution in [2.45, 2.75) is 38.9 Å². The van der Waals surface area contributed by atoms with Crippen molar-refractivity contribution >= 4 is 18.3 Å². The van der Waals surface area contributed by atoms with Crippen LogP contribution in [-0.2, 0) is 9.31 Å². The molecule has 0 bridgehead atoms. The minimum atomic E-state index is -0.375. The van der Waals surface area contributed by atoms with Crippen molar-refractivity contribution in [3.8, 4) is 5.75 Å². The molecule has 1 fully saturated rings. The lowest BCUT2D eigenvalue weighted by Gasteiger charge is -2.32. The largest absolute Gasteiger partial charge is 0.498 e. The van der Waals surface area contributed by atoms with Gasteiger partial charge < -0.3 is 19.4 Å². The first-order chi connectivity index (χ1) is 8.91. The maximum Gasteiger partial charge on any atom is 0.498 e. The van der Waals surface area contributed by atoms with Crippen LogP contribution in [0.1, 0.15) is 27.7 Å². The zero-order chi connectivity index (χ0) is 13.7. The van der Waals surface area contributed by atoms with Gasteiger partial charge in [-0.3, -0.25) is 0 Å². The molecule has 1 aromatic carbocycles. The topological polar surface area (TPSA) is 39.7 Å². The quantitative estimate of drug-likeness (QED) is 0.782. The fourth-order valence-electron chi connectivity index (χ4n) is 2.35. The van der Waals surface area contributed by atoms with Gasteiger partial charge >= 0.3 is 7.12 Å². The first-order valence-corrected chi connectivity index (χ1v) is 6.76. The highest BCUT2D eigenvalue weighted by molar-refractivity contribution is 6.63. The van der Waals surface area contributed by atoms with Gasteiger partial charge in [-0.1, -0.05) is 12.1 Å². The molecule has 0 aliphatic carbocycles. The Balaban J connectivity index is 1.96. The second-order valence-corrected chi connectivity index (χ2v) is 6.09. The summed E-state index contributed by atoms with van der Waals surface area (Å²) in [6.07, 6.45) is 0. The van der Waals surface area contributed by atoms with Gasteiger partial charge in [-0.25, -0.2) is 0 Å². The number of hydrogen-bond acceptors (Lipinski definition) is 4. The molecule has 0 amide bonds. The number of nitrogens with one attached hydrogen (secondary N) is 1. The van der Waals surface area contributed by atoms with Crippen LogP contribution in [0.25, 0.3) is 0 Å². The highest BCUT2D eigenvalue weighted by Crippen LogP contribution is 2.38. The van der Waals surface area contributed by atoms with E-state index in [2.05, 4.69) is 33.0 Å². The van der Waals surface area contributed by atoms with E-state index in [4.69, 9.17) is 14.0 Å². The van der Waals surface area contributed by atoms with E-state index in [0.717, 1.165) is 23.4 Å². The monoisotopic (exact) mass is 261 g/mol. The Morgan fingerprint density at radius 1 is 1.11 bits per heavy atom. The van der Waals surface area contributed by atoms with Gasteiger partial charge in [-0.05, 0) is 33.8 Å². The van der Waals surface area contributed by atoms with Crippen molar-refractivity contribution in [2.75, 3.05) is 18.5 Å². The second-order valence-electron chi connectivity index (χ2n) is 6.09. The van der Waals surface area contributed by atoms with Gasteiger partial charge in [0, 0.05) is 12.0 Å². The smallest absolute Gasteiger partial charge is 0.490 e. The summed E-state index contributed by atoms with van der Waals surface area (Å²) in [5.74, 6) is 0.854. The molecule has 4 nitrogen and oxygen atoms in total. The average molecular weight is 261 g/mol. The van der Waals surface area contributed by atoms with Crippen molar-refractivity contribution < 1.29 is 14.0 Å². The predicted molar refractivity (Wildman–Crippen MR) is 76.1 cm³/mol. The second kappa shape index (κ2) is 4.15. The number of anilines is 1. The highest BCUT2D eigenvalue weighted by atomic mass is 16.7. The van der Waals surface area contributed by atoms with Crippen LogP contribution < -0.4 is 15.5 Å². The molecule has 2 aliphatic heterocycles. The number of para-hydroxylation sites is 1. The van der Waals surface area contributed by atoms with Gasteiger partial charge in [0.05, 0.1) is 16.9 Å². The Bertz CT molecular complexity index is 485. The van der Waals surface area contributed by atoms with Crippen molar-refractivity contribution in [2.24, 2.45) is 0 Å². The standard InChI is InChI=1S/C14H20BNO3/c1-13(2)14(3,4)19-15(18-13)10-6-5-7-11-12(10)17-9-8-16-11/h5-7,16H,8-9H2,1-4H3. The SMILES string of the molecule is CC1(C)OB(c2cccc3c2OCCN3)OC1(C)C. The number of ether oxygens (including phenoxy) is 1. The van der Waals surface area contributed by atoms with Gasteiger partial charge in [-0.15, -0.1) is 0 Å². The van der Waals surface area contributed by atoms with Gasteiger partial charge in [0.25, 0.3) is 0 Å². The summed E-state index contributed by atoms with van der Waals surface area (Å²) < 4.78 is 18.0. The summed E-state index contributed by atoms with van der Waals surface area (Å²) in [4.78, 5) is 0. The van der Waals surface area contributed by atoms with E-state index in [-0.39, 0.29) is 18.3 Å². The van der Waals surface area contributed by atoms with Crippen LogP contribution in [0.15, 0.2) is 18.2 Å². The Morgan fingerprint density at radius 2 is 1.79 bits per heavy atom. The molecule has 1 saturated heterocycles. The predicted octanol–water partition coefficient (Wildman–Crippen LogP) is 1.79. The zero-order valence-corrected chi connectivity index (χ0v) is 11.9. The van der Waals surface area contributed by atoms with Crippen molar-refractivity contribution in [3.63, 3.8) is 0 Å². The molecule has 2 aliphatic rings. The van der Waals surface area contributed by atoms with E-state index in [0.29, 0.717) is 6.61 Å². The van der Waals surface area contributed by atoms with Crippen LogP contribution in [0.5, 0.6) is 5.75 Å². The van der Waals surface area contributed by atoms with E-state index >= 15 is 0 Å². The summed E-state index contributed by atoms with van der Waals surface area (Å²) in [6.45, 7) is 9.73. The summed E-state index contributed by atoms with van der Waals surface area (Å²) >= 11 is 0. The minimum Gasteiger partial charge on any atom is -0.490 e. The third-order valence-electron chi connectivity index (χ3n) is 4.22. The summed E-state index contributed by atoms with van der Waals surface area (Å²) in [6, 6.07) is 6.03. The molecule has 0 atom stereocenters. The van der Waals surface area contributed by atoms with Gasteiger partial charge in [0.1, 0.15) is 12.4 Å². The molecule has 1 aromatic rings. The highest BCUT2D eigenvalue weighted by Gasteiger charge is 2.52. The third-order valence-corrected chi connectivity index (χ3v) is 4.22.